The second kappa shape index (κ2) is 14.4. The van der Waals surface area contributed by atoms with Gasteiger partial charge in [-0.25, -0.2) is 0 Å². The fraction of sp³-hybridized carbons (Fsp3) is 0.113. The van der Waals surface area contributed by atoms with E-state index in [0.29, 0.717) is 6.54 Å². The molecular weight excluding hydrogens is 665 g/mol. The molecule has 0 bridgehead atoms. The van der Waals surface area contributed by atoms with Gasteiger partial charge in [-0.15, -0.1) is 0 Å². The number of amidine groups is 1. The van der Waals surface area contributed by atoms with E-state index in [9.17, 15) is 0 Å². The summed E-state index contributed by atoms with van der Waals surface area (Å²) in [4.78, 5) is 5.09. The van der Waals surface area contributed by atoms with Crippen molar-refractivity contribution >= 4 is 16.6 Å². The SMILES string of the molecule is CC(NC(=NCc1ccc(-c2cccc3c(-c4ccc(-c5ccc6c(c5)C(C)(C)c5ccccc5-6)cc4)cccc23)cc1)c1ccccc1)c1ccccc1. The second-order valence-electron chi connectivity index (χ2n) is 15.2. The molecule has 266 valence electrons. The Bertz CT molecular complexity index is 2650. The number of rotatable bonds is 8. The van der Waals surface area contributed by atoms with Gasteiger partial charge in [0.05, 0.1) is 6.54 Å². The molecule has 1 atom stereocenters. The fourth-order valence-corrected chi connectivity index (χ4v) is 8.35. The lowest BCUT2D eigenvalue weighted by molar-refractivity contribution is 0.660. The smallest absolute Gasteiger partial charge is 0.129 e. The molecule has 8 aromatic rings. The summed E-state index contributed by atoms with van der Waals surface area (Å²) in [5.41, 5.74) is 16.4. The Balaban J connectivity index is 0.964. The standard InChI is InChI=1S/C53H44N2/c1-36(38-14-6-4-7-15-38)55-52(42-16-8-5-9-17-42)54-35-37-24-26-40(27-25-37)44-19-12-22-47-45(20-13-21-46(44)47)41-30-28-39(29-31-41)43-32-33-49-48-18-10-11-23-50(48)53(2,3)51(49)34-43/h4-34,36H,35H2,1-3H3,(H,54,55). The average Bonchev–Trinajstić information content (AvgIpc) is 3.48. The zero-order valence-electron chi connectivity index (χ0n) is 31.6. The third kappa shape index (κ3) is 6.55. The van der Waals surface area contributed by atoms with Gasteiger partial charge in [-0.2, -0.15) is 0 Å². The molecule has 1 unspecified atom stereocenters. The Kier molecular flexibility index (Phi) is 8.96. The normalized spacial score (nSPS) is 13.6. The maximum atomic E-state index is 5.09. The van der Waals surface area contributed by atoms with E-state index in [0.717, 1.165) is 11.4 Å². The van der Waals surface area contributed by atoms with Crippen molar-refractivity contribution < 1.29 is 0 Å². The van der Waals surface area contributed by atoms with Gasteiger partial charge in [0.1, 0.15) is 5.84 Å². The van der Waals surface area contributed by atoms with Crippen molar-refractivity contribution in [3.63, 3.8) is 0 Å². The molecule has 1 N–H and O–H groups in total. The highest BCUT2D eigenvalue weighted by molar-refractivity contribution is 6.04. The van der Waals surface area contributed by atoms with Crippen molar-refractivity contribution in [3.8, 4) is 44.5 Å². The van der Waals surface area contributed by atoms with Gasteiger partial charge in [-0.3, -0.25) is 4.99 Å². The summed E-state index contributed by atoms with van der Waals surface area (Å²) in [5.74, 6) is 0.901. The highest BCUT2D eigenvalue weighted by Gasteiger charge is 2.35. The minimum atomic E-state index is -0.0123. The van der Waals surface area contributed by atoms with Crippen LogP contribution in [0.3, 0.4) is 0 Å². The Morgan fingerprint density at radius 3 is 1.69 bits per heavy atom. The zero-order chi connectivity index (χ0) is 37.4. The first-order valence-corrected chi connectivity index (χ1v) is 19.3. The van der Waals surface area contributed by atoms with Gasteiger partial charge >= 0.3 is 0 Å². The predicted octanol–water partition coefficient (Wildman–Crippen LogP) is 13.4. The predicted molar refractivity (Wildman–Crippen MR) is 232 cm³/mol. The van der Waals surface area contributed by atoms with E-state index in [4.69, 9.17) is 4.99 Å². The number of aliphatic imine (C=N–C) groups is 1. The van der Waals surface area contributed by atoms with Gasteiger partial charge in [0, 0.05) is 17.0 Å². The third-order valence-electron chi connectivity index (χ3n) is 11.4. The van der Waals surface area contributed by atoms with Crippen LogP contribution < -0.4 is 5.32 Å². The topological polar surface area (TPSA) is 24.4 Å². The first-order chi connectivity index (χ1) is 26.9. The van der Waals surface area contributed by atoms with Crippen molar-refractivity contribution in [2.75, 3.05) is 0 Å². The first kappa shape index (κ1) is 34.3. The molecular formula is C53H44N2. The molecule has 0 heterocycles. The maximum Gasteiger partial charge on any atom is 0.129 e. The van der Waals surface area contributed by atoms with Crippen LogP contribution in [0, 0.1) is 0 Å². The van der Waals surface area contributed by atoms with E-state index in [1.54, 1.807) is 0 Å². The summed E-state index contributed by atoms with van der Waals surface area (Å²) in [6, 6.07) is 68.2. The van der Waals surface area contributed by atoms with E-state index in [2.05, 4.69) is 208 Å². The van der Waals surface area contributed by atoms with Gasteiger partial charge in [0.25, 0.3) is 0 Å². The van der Waals surface area contributed by atoms with Crippen molar-refractivity contribution in [1.82, 2.24) is 5.32 Å². The molecule has 55 heavy (non-hydrogen) atoms. The molecule has 1 aliphatic carbocycles. The van der Waals surface area contributed by atoms with Crippen molar-refractivity contribution in [2.24, 2.45) is 4.99 Å². The molecule has 0 amide bonds. The Hall–Kier alpha value is -6.51. The van der Waals surface area contributed by atoms with Crippen molar-refractivity contribution in [2.45, 2.75) is 38.8 Å². The van der Waals surface area contributed by atoms with Crippen molar-refractivity contribution in [1.29, 1.82) is 0 Å². The van der Waals surface area contributed by atoms with Gasteiger partial charge in [-0.1, -0.05) is 196 Å². The summed E-state index contributed by atoms with van der Waals surface area (Å²) in [6.45, 7) is 7.46. The summed E-state index contributed by atoms with van der Waals surface area (Å²) < 4.78 is 0. The Labute approximate surface area is 324 Å². The van der Waals surface area contributed by atoms with Crippen LogP contribution in [0.2, 0.25) is 0 Å². The van der Waals surface area contributed by atoms with Crippen LogP contribution in [0.15, 0.2) is 193 Å². The molecule has 0 fully saturated rings. The average molecular weight is 709 g/mol. The lowest BCUT2D eigenvalue weighted by Gasteiger charge is -2.22. The maximum absolute atomic E-state index is 5.09. The molecule has 0 aromatic heterocycles. The molecule has 0 radical (unpaired) electrons. The van der Waals surface area contributed by atoms with Gasteiger partial charge in [0.15, 0.2) is 0 Å². The molecule has 2 nitrogen and oxygen atoms in total. The number of nitrogens with zero attached hydrogens (tertiary/aromatic N) is 1. The monoisotopic (exact) mass is 708 g/mol. The zero-order valence-corrected chi connectivity index (χ0v) is 31.6. The number of benzene rings is 8. The van der Waals surface area contributed by atoms with Crippen LogP contribution in [0.1, 0.15) is 54.6 Å². The summed E-state index contributed by atoms with van der Waals surface area (Å²) in [5, 5.41) is 6.18. The molecule has 0 spiro atoms. The minimum absolute atomic E-state index is 0.0123. The van der Waals surface area contributed by atoms with E-state index in [-0.39, 0.29) is 11.5 Å². The summed E-state index contributed by atoms with van der Waals surface area (Å²) in [6.07, 6.45) is 0. The highest BCUT2D eigenvalue weighted by atomic mass is 15.0. The molecule has 8 aromatic carbocycles. The fourth-order valence-electron chi connectivity index (χ4n) is 8.35. The van der Waals surface area contributed by atoms with E-state index >= 15 is 0 Å². The van der Waals surface area contributed by atoms with Gasteiger partial charge in [0.2, 0.25) is 0 Å². The molecule has 2 heteroatoms. The van der Waals surface area contributed by atoms with E-state index in [1.165, 1.54) is 77.5 Å². The third-order valence-corrected chi connectivity index (χ3v) is 11.4. The van der Waals surface area contributed by atoms with Crippen LogP contribution in [-0.4, -0.2) is 5.84 Å². The molecule has 1 aliphatic rings. The number of hydrogen-bond acceptors (Lipinski definition) is 1. The first-order valence-electron chi connectivity index (χ1n) is 19.3. The lowest BCUT2D eigenvalue weighted by atomic mass is 9.81. The Morgan fingerprint density at radius 2 is 1.02 bits per heavy atom. The number of hydrogen-bond donors (Lipinski definition) is 1. The van der Waals surface area contributed by atoms with Gasteiger partial charge in [-0.05, 0) is 90.5 Å². The van der Waals surface area contributed by atoms with Crippen LogP contribution in [0.5, 0.6) is 0 Å². The highest BCUT2D eigenvalue weighted by Crippen LogP contribution is 2.49. The quantitative estimate of drug-likeness (QED) is 0.123. The van der Waals surface area contributed by atoms with Crippen LogP contribution in [0.4, 0.5) is 0 Å². The van der Waals surface area contributed by atoms with Gasteiger partial charge < -0.3 is 5.32 Å². The van der Waals surface area contributed by atoms with E-state index < -0.39 is 0 Å². The van der Waals surface area contributed by atoms with Crippen LogP contribution in [0.25, 0.3) is 55.3 Å². The number of nitrogens with one attached hydrogen (secondary N) is 1. The minimum Gasteiger partial charge on any atom is -0.363 e. The lowest BCUT2D eigenvalue weighted by Crippen LogP contribution is -2.27. The second-order valence-corrected chi connectivity index (χ2v) is 15.2. The van der Waals surface area contributed by atoms with E-state index in [1.807, 2.05) is 6.07 Å². The molecule has 0 saturated carbocycles. The van der Waals surface area contributed by atoms with Crippen LogP contribution in [-0.2, 0) is 12.0 Å². The van der Waals surface area contributed by atoms with Crippen LogP contribution >= 0.6 is 0 Å². The molecule has 0 aliphatic heterocycles. The Morgan fingerprint density at radius 1 is 0.491 bits per heavy atom. The summed E-state index contributed by atoms with van der Waals surface area (Å²) >= 11 is 0. The summed E-state index contributed by atoms with van der Waals surface area (Å²) in [7, 11) is 0. The largest absolute Gasteiger partial charge is 0.363 e. The molecule has 9 rings (SSSR count). The van der Waals surface area contributed by atoms with Crippen molar-refractivity contribution in [3.05, 3.63) is 216 Å². The molecule has 0 saturated heterocycles. The number of fused-ring (bicyclic) bond motifs is 4.